The summed E-state index contributed by atoms with van der Waals surface area (Å²) in [6.07, 6.45) is 5.76. The Kier molecular flexibility index (Phi) is 7.67. The van der Waals surface area contributed by atoms with Crippen molar-refractivity contribution in [3.05, 3.63) is 0 Å². The van der Waals surface area contributed by atoms with Crippen molar-refractivity contribution in [2.75, 3.05) is 0 Å². The van der Waals surface area contributed by atoms with E-state index in [1.54, 1.807) is 0 Å². The Bertz CT molecular complexity index is 326. The molecule has 4 nitrogen and oxygen atoms in total. The van der Waals surface area contributed by atoms with E-state index in [2.05, 4.69) is 26.1 Å². The minimum atomic E-state index is -0.504. The normalized spacial score (nSPS) is 25.2. The lowest BCUT2D eigenvalue weighted by Crippen LogP contribution is -2.44. The van der Waals surface area contributed by atoms with Crippen LogP contribution in [0.5, 0.6) is 0 Å². The van der Waals surface area contributed by atoms with Gasteiger partial charge in [-0.1, -0.05) is 13.8 Å². The first-order chi connectivity index (χ1) is 10.2. The molecule has 1 fully saturated rings. The molecule has 0 bridgehead atoms. The van der Waals surface area contributed by atoms with E-state index < -0.39 is 6.16 Å². The minimum absolute atomic E-state index is 0.0162. The molecule has 1 rings (SSSR count). The minimum Gasteiger partial charge on any atom is -0.431 e. The van der Waals surface area contributed by atoms with Crippen LogP contribution in [-0.4, -0.2) is 29.9 Å². The molecule has 1 saturated carbocycles. The van der Waals surface area contributed by atoms with E-state index in [1.807, 2.05) is 20.8 Å². The van der Waals surface area contributed by atoms with Gasteiger partial charge in [0.2, 0.25) is 0 Å². The summed E-state index contributed by atoms with van der Waals surface area (Å²) in [5, 5.41) is 3.69. The summed E-state index contributed by atoms with van der Waals surface area (Å²) in [7, 11) is 0. The molecule has 130 valence electrons. The molecule has 0 aromatic rings. The average molecular weight is 313 g/mol. The summed E-state index contributed by atoms with van der Waals surface area (Å²) in [6, 6.07) is 0.578. The molecule has 1 aliphatic rings. The van der Waals surface area contributed by atoms with Crippen LogP contribution >= 0.6 is 0 Å². The lowest BCUT2D eigenvalue weighted by molar-refractivity contribution is -0.0147. The van der Waals surface area contributed by atoms with Crippen LogP contribution in [0.25, 0.3) is 0 Å². The third-order valence-electron chi connectivity index (χ3n) is 4.28. The van der Waals surface area contributed by atoms with Gasteiger partial charge in [-0.3, -0.25) is 0 Å². The first-order valence-corrected chi connectivity index (χ1v) is 8.82. The van der Waals surface area contributed by atoms with E-state index in [9.17, 15) is 4.79 Å². The van der Waals surface area contributed by atoms with E-state index in [0.29, 0.717) is 12.0 Å². The lowest BCUT2D eigenvalue weighted by atomic mass is 9.93. The summed E-state index contributed by atoms with van der Waals surface area (Å²) in [5.41, 5.74) is 0.163. The Morgan fingerprint density at radius 2 is 1.59 bits per heavy atom. The van der Waals surface area contributed by atoms with Crippen molar-refractivity contribution >= 4 is 6.16 Å². The fraction of sp³-hybridized carbons (Fsp3) is 0.944. The van der Waals surface area contributed by atoms with Crippen LogP contribution in [0.3, 0.4) is 0 Å². The maximum Gasteiger partial charge on any atom is 0.508 e. The molecule has 0 saturated heterocycles. The van der Waals surface area contributed by atoms with Gasteiger partial charge < -0.3 is 14.8 Å². The fourth-order valence-corrected chi connectivity index (χ4v) is 2.80. The number of hydrogen-bond donors (Lipinski definition) is 1. The molecule has 0 aromatic heterocycles. The van der Waals surface area contributed by atoms with Crippen molar-refractivity contribution in [2.45, 2.75) is 104 Å². The largest absolute Gasteiger partial charge is 0.508 e. The maximum atomic E-state index is 11.8. The zero-order valence-electron chi connectivity index (χ0n) is 15.3. The molecular weight excluding hydrogens is 278 g/mol. The van der Waals surface area contributed by atoms with E-state index in [1.165, 1.54) is 0 Å². The van der Waals surface area contributed by atoms with Crippen LogP contribution in [0.4, 0.5) is 4.79 Å². The zero-order valence-corrected chi connectivity index (χ0v) is 15.3. The molecule has 0 aliphatic heterocycles. The standard InChI is InChI=1S/C18H35NO3/c1-13(2)14(3)21-17(20)22-16-11-7-9-15(10-8-12-16)19-18(4,5)6/h13-16,19H,7-12H2,1-6H3. The molecule has 0 aromatic carbocycles. The van der Waals surface area contributed by atoms with Gasteiger partial charge in [0.05, 0.1) is 0 Å². The lowest BCUT2D eigenvalue weighted by Gasteiger charge is -2.31. The molecular formula is C18H35NO3. The number of ether oxygens (including phenoxy) is 2. The molecule has 0 heterocycles. The molecule has 22 heavy (non-hydrogen) atoms. The summed E-state index contributed by atoms with van der Waals surface area (Å²) >= 11 is 0. The second-order valence-corrected chi connectivity index (χ2v) is 8.01. The third kappa shape index (κ3) is 8.02. The van der Waals surface area contributed by atoms with Gasteiger partial charge in [0.15, 0.2) is 0 Å². The van der Waals surface area contributed by atoms with Gasteiger partial charge in [-0.05, 0) is 72.1 Å². The van der Waals surface area contributed by atoms with Crippen molar-refractivity contribution in [1.29, 1.82) is 0 Å². The van der Waals surface area contributed by atoms with E-state index >= 15 is 0 Å². The maximum absolute atomic E-state index is 11.8. The highest BCUT2D eigenvalue weighted by atomic mass is 16.7. The molecule has 0 amide bonds. The Labute approximate surface area is 136 Å². The molecule has 1 unspecified atom stereocenters. The number of nitrogens with one attached hydrogen (secondary N) is 1. The van der Waals surface area contributed by atoms with Crippen LogP contribution in [0.1, 0.15) is 80.1 Å². The summed E-state index contributed by atoms with van der Waals surface area (Å²) in [6.45, 7) is 12.6. The Hall–Kier alpha value is -0.770. The van der Waals surface area contributed by atoms with Gasteiger partial charge in [0.25, 0.3) is 0 Å². The number of carbonyl (C=O) groups excluding carboxylic acids is 1. The molecule has 1 aliphatic carbocycles. The molecule has 0 spiro atoms. The Morgan fingerprint density at radius 1 is 1.05 bits per heavy atom. The Balaban J connectivity index is 2.34. The van der Waals surface area contributed by atoms with Crippen LogP contribution in [0.15, 0.2) is 0 Å². The molecule has 1 N–H and O–H groups in total. The average Bonchev–Trinajstić information content (AvgIpc) is 2.33. The van der Waals surface area contributed by atoms with Crippen LogP contribution < -0.4 is 5.32 Å². The van der Waals surface area contributed by atoms with Gasteiger partial charge >= 0.3 is 6.16 Å². The topological polar surface area (TPSA) is 47.6 Å². The first kappa shape index (κ1) is 19.3. The van der Waals surface area contributed by atoms with Crippen molar-refractivity contribution < 1.29 is 14.3 Å². The SMILES string of the molecule is CC(C)C(C)OC(=O)OC1CCCC(NC(C)(C)C)CCC1. The smallest absolute Gasteiger partial charge is 0.431 e. The number of hydrogen-bond acceptors (Lipinski definition) is 4. The van der Waals surface area contributed by atoms with Gasteiger partial charge in [-0.2, -0.15) is 0 Å². The number of carbonyl (C=O) groups is 1. The fourth-order valence-electron chi connectivity index (χ4n) is 2.80. The second-order valence-electron chi connectivity index (χ2n) is 8.01. The first-order valence-electron chi connectivity index (χ1n) is 8.82. The van der Waals surface area contributed by atoms with Crippen LogP contribution in [-0.2, 0) is 9.47 Å². The van der Waals surface area contributed by atoms with E-state index in [4.69, 9.17) is 9.47 Å². The van der Waals surface area contributed by atoms with Crippen molar-refractivity contribution in [3.8, 4) is 0 Å². The summed E-state index contributed by atoms with van der Waals surface area (Å²) < 4.78 is 10.8. The molecule has 1 atom stereocenters. The second kappa shape index (κ2) is 8.76. The van der Waals surface area contributed by atoms with Gasteiger partial charge in [0.1, 0.15) is 12.2 Å². The van der Waals surface area contributed by atoms with Crippen molar-refractivity contribution in [1.82, 2.24) is 5.32 Å². The monoisotopic (exact) mass is 313 g/mol. The summed E-state index contributed by atoms with van der Waals surface area (Å²) in [5.74, 6) is 0.314. The predicted octanol–water partition coefficient (Wildman–Crippen LogP) is 4.66. The van der Waals surface area contributed by atoms with Gasteiger partial charge in [0, 0.05) is 11.6 Å². The highest BCUT2D eigenvalue weighted by Gasteiger charge is 2.23. The highest BCUT2D eigenvalue weighted by Crippen LogP contribution is 2.22. The molecule has 4 heteroatoms. The van der Waals surface area contributed by atoms with Crippen LogP contribution in [0, 0.1) is 5.92 Å². The van der Waals surface area contributed by atoms with Crippen molar-refractivity contribution in [3.63, 3.8) is 0 Å². The Morgan fingerprint density at radius 3 is 2.05 bits per heavy atom. The van der Waals surface area contributed by atoms with E-state index in [0.717, 1.165) is 38.5 Å². The number of rotatable bonds is 4. The third-order valence-corrected chi connectivity index (χ3v) is 4.28. The quantitative estimate of drug-likeness (QED) is 0.767. The van der Waals surface area contributed by atoms with Crippen molar-refractivity contribution in [2.24, 2.45) is 5.92 Å². The van der Waals surface area contributed by atoms with Crippen LogP contribution in [0.2, 0.25) is 0 Å². The predicted molar refractivity (Wildman–Crippen MR) is 90.0 cm³/mol. The van der Waals surface area contributed by atoms with Gasteiger partial charge in [-0.25, -0.2) is 4.79 Å². The van der Waals surface area contributed by atoms with E-state index in [-0.39, 0.29) is 17.7 Å². The highest BCUT2D eigenvalue weighted by molar-refractivity contribution is 5.60. The summed E-state index contributed by atoms with van der Waals surface area (Å²) in [4.78, 5) is 11.8. The zero-order chi connectivity index (χ0) is 16.8. The van der Waals surface area contributed by atoms with Gasteiger partial charge in [-0.15, -0.1) is 0 Å². The molecule has 0 radical (unpaired) electrons.